The van der Waals surface area contributed by atoms with E-state index in [2.05, 4.69) is 5.32 Å². The molecule has 1 unspecified atom stereocenters. The van der Waals surface area contributed by atoms with E-state index in [0.29, 0.717) is 12.0 Å². The van der Waals surface area contributed by atoms with Crippen LogP contribution in [0.3, 0.4) is 0 Å². The Labute approximate surface area is 127 Å². The van der Waals surface area contributed by atoms with Gasteiger partial charge in [-0.3, -0.25) is 14.4 Å². The molecule has 116 valence electrons. The summed E-state index contributed by atoms with van der Waals surface area (Å²) in [5.74, 6) is -1.53. The third-order valence-electron chi connectivity index (χ3n) is 3.16. The highest BCUT2D eigenvalue weighted by atomic mass is 32.1. The molecule has 0 aromatic carbocycles. The second-order valence-corrected chi connectivity index (χ2v) is 5.47. The summed E-state index contributed by atoms with van der Waals surface area (Å²) in [5, 5.41) is 15.0. The monoisotopic (exact) mass is 312 g/mol. The predicted molar refractivity (Wildman–Crippen MR) is 80.4 cm³/mol. The van der Waals surface area contributed by atoms with Crippen LogP contribution >= 0.6 is 11.3 Å². The zero-order chi connectivity index (χ0) is 15.8. The van der Waals surface area contributed by atoms with Crippen LogP contribution in [0.5, 0.6) is 0 Å². The van der Waals surface area contributed by atoms with Crippen LogP contribution in [0.15, 0.2) is 16.8 Å². The SMILES string of the molecule is CCC(C)N(CC(=O)O)C(=O)CCNC(=O)c1ccsc1. The molecule has 0 aliphatic carbocycles. The standard InChI is InChI=1S/C14H20N2O4S/c1-3-10(2)16(8-13(18)19)12(17)4-6-15-14(20)11-5-7-21-9-11/h5,7,9-10H,3-4,6,8H2,1-2H3,(H,15,20)(H,18,19). The summed E-state index contributed by atoms with van der Waals surface area (Å²) in [7, 11) is 0. The van der Waals surface area contributed by atoms with Crippen molar-refractivity contribution in [3.63, 3.8) is 0 Å². The zero-order valence-corrected chi connectivity index (χ0v) is 13.0. The van der Waals surface area contributed by atoms with E-state index in [9.17, 15) is 14.4 Å². The number of amides is 2. The molecule has 1 rings (SSSR count). The van der Waals surface area contributed by atoms with E-state index in [1.165, 1.54) is 16.2 Å². The summed E-state index contributed by atoms with van der Waals surface area (Å²) in [5.41, 5.74) is 0.566. The van der Waals surface area contributed by atoms with Gasteiger partial charge in [0.05, 0.1) is 0 Å². The Kier molecular flexibility index (Phi) is 6.87. The topological polar surface area (TPSA) is 86.7 Å². The van der Waals surface area contributed by atoms with Crippen molar-refractivity contribution in [1.82, 2.24) is 10.2 Å². The largest absolute Gasteiger partial charge is 0.480 e. The number of carboxylic acid groups (broad SMARTS) is 1. The normalized spacial score (nSPS) is 11.7. The van der Waals surface area contributed by atoms with Gasteiger partial charge in [0, 0.05) is 30.0 Å². The maximum Gasteiger partial charge on any atom is 0.323 e. The van der Waals surface area contributed by atoms with E-state index in [1.54, 1.807) is 16.8 Å². The fourth-order valence-corrected chi connectivity index (χ4v) is 2.41. The number of thiophene rings is 1. The molecule has 2 amide bonds. The van der Waals surface area contributed by atoms with Crippen molar-refractivity contribution >= 4 is 29.1 Å². The molecule has 0 saturated heterocycles. The predicted octanol–water partition coefficient (Wildman–Crippen LogP) is 1.58. The van der Waals surface area contributed by atoms with Gasteiger partial charge in [0.2, 0.25) is 5.91 Å². The molecular weight excluding hydrogens is 292 g/mol. The molecule has 0 aliphatic heterocycles. The Morgan fingerprint density at radius 2 is 2.14 bits per heavy atom. The van der Waals surface area contributed by atoms with E-state index < -0.39 is 5.97 Å². The fourth-order valence-electron chi connectivity index (χ4n) is 1.78. The molecule has 0 radical (unpaired) electrons. The first-order valence-corrected chi connectivity index (χ1v) is 7.71. The number of rotatable bonds is 8. The molecule has 7 heteroatoms. The summed E-state index contributed by atoms with van der Waals surface area (Å²) in [6, 6.07) is 1.57. The van der Waals surface area contributed by atoms with E-state index in [-0.39, 0.29) is 37.4 Å². The number of hydrogen-bond donors (Lipinski definition) is 2. The second-order valence-electron chi connectivity index (χ2n) is 4.69. The minimum atomic E-state index is -1.04. The summed E-state index contributed by atoms with van der Waals surface area (Å²) < 4.78 is 0. The highest BCUT2D eigenvalue weighted by Crippen LogP contribution is 2.07. The fraction of sp³-hybridized carbons (Fsp3) is 0.500. The van der Waals surface area contributed by atoms with Crippen LogP contribution in [-0.4, -0.2) is 46.9 Å². The van der Waals surface area contributed by atoms with Gasteiger partial charge in [-0.1, -0.05) is 6.92 Å². The van der Waals surface area contributed by atoms with Gasteiger partial charge in [-0.15, -0.1) is 0 Å². The molecule has 1 aromatic heterocycles. The van der Waals surface area contributed by atoms with Crippen LogP contribution in [0.1, 0.15) is 37.0 Å². The molecule has 2 N–H and O–H groups in total. The lowest BCUT2D eigenvalue weighted by molar-refractivity contribution is -0.146. The number of carbonyl (C=O) groups is 3. The summed E-state index contributed by atoms with van der Waals surface area (Å²) in [4.78, 5) is 35.9. The average molecular weight is 312 g/mol. The van der Waals surface area contributed by atoms with Crippen molar-refractivity contribution in [2.24, 2.45) is 0 Å². The Hall–Kier alpha value is -1.89. The van der Waals surface area contributed by atoms with Crippen molar-refractivity contribution < 1.29 is 19.5 Å². The number of aliphatic carboxylic acids is 1. The number of carboxylic acids is 1. The quantitative estimate of drug-likeness (QED) is 0.763. The lowest BCUT2D eigenvalue weighted by Crippen LogP contribution is -2.43. The first-order chi connectivity index (χ1) is 9.95. The molecule has 6 nitrogen and oxygen atoms in total. The minimum Gasteiger partial charge on any atom is -0.480 e. The Bertz CT molecular complexity index is 487. The number of carbonyl (C=O) groups excluding carboxylic acids is 2. The minimum absolute atomic E-state index is 0.0908. The molecule has 21 heavy (non-hydrogen) atoms. The van der Waals surface area contributed by atoms with Gasteiger partial charge >= 0.3 is 5.97 Å². The van der Waals surface area contributed by atoms with Crippen molar-refractivity contribution in [2.45, 2.75) is 32.7 Å². The first-order valence-electron chi connectivity index (χ1n) is 6.77. The van der Waals surface area contributed by atoms with Gasteiger partial charge < -0.3 is 15.3 Å². The third-order valence-corrected chi connectivity index (χ3v) is 3.84. The van der Waals surface area contributed by atoms with Crippen LogP contribution < -0.4 is 5.32 Å². The number of hydrogen-bond acceptors (Lipinski definition) is 4. The van der Waals surface area contributed by atoms with Crippen LogP contribution in [-0.2, 0) is 9.59 Å². The molecule has 0 aliphatic rings. The Morgan fingerprint density at radius 3 is 2.67 bits per heavy atom. The summed E-state index contributed by atoms with van der Waals surface area (Å²) in [6.45, 7) is 3.59. The van der Waals surface area contributed by atoms with Gasteiger partial charge in [0.1, 0.15) is 6.54 Å². The lowest BCUT2D eigenvalue weighted by Gasteiger charge is -2.27. The maximum atomic E-state index is 12.1. The van der Waals surface area contributed by atoms with Gasteiger partial charge in [0.25, 0.3) is 5.91 Å². The Balaban J connectivity index is 2.46. The maximum absolute atomic E-state index is 12.1. The molecule has 1 heterocycles. The van der Waals surface area contributed by atoms with Crippen LogP contribution in [0.25, 0.3) is 0 Å². The molecular formula is C14H20N2O4S. The first kappa shape index (κ1) is 17.2. The van der Waals surface area contributed by atoms with Gasteiger partial charge in [-0.05, 0) is 24.8 Å². The molecule has 1 aromatic rings. The number of nitrogens with one attached hydrogen (secondary N) is 1. The van der Waals surface area contributed by atoms with Crippen molar-refractivity contribution in [1.29, 1.82) is 0 Å². The molecule has 0 saturated carbocycles. The zero-order valence-electron chi connectivity index (χ0n) is 12.2. The number of nitrogens with zero attached hydrogens (tertiary/aromatic N) is 1. The highest BCUT2D eigenvalue weighted by Gasteiger charge is 2.21. The molecule has 0 spiro atoms. The van der Waals surface area contributed by atoms with Gasteiger partial charge in [-0.25, -0.2) is 0 Å². The highest BCUT2D eigenvalue weighted by molar-refractivity contribution is 7.08. The van der Waals surface area contributed by atoms with Crippen molar-refractivity contribution in [3.8, 4) is 0 Å². The smallest absolute Gasteiger partial charge is 0.323 e. The lowest BCUT2D eigenvalue weighted by atomic mass is 10.2. The van der Waals surface area contributed by atoms with Crippen LogP contribution in [0.4, 0.5) is 0 Å². The van der Waals surface area contributed by atoms with E-state index >= 15 is 0 Å². The average Bonchev–Trinajstić information content (AvgIpc) is 2.97. The second kappa shape index (κ2) is 8.41. The van der Waals surface area contributed by atoms with Crippen molar-refractivity contribution in [3.05, 3.63) is 22.4 Å². The Morgan fingerprint density at radius 1 is 1.43 bits per heavy atom. The van der Waals surface area contributed by atoms with Crippen molar-refractivity contribution in [2.75, 3.05) is 13.1 Å². The van der Waals surface area contributed by atoms with E-state index in [0.717, 1.165) is 0 Å². The van der Waals surface area contributed by atoms with Gasteiger partial charge in [0.15, 0.2) is 0 Å². The summed E-state index contributed by atoms with van der Waals surface area (Å²) >= 11 is 1.43. The molecule has 0 bridgehead atoms. The van der Waals surface area contributed by atoms with Gasteiger partial charge in [-0.2, -0.15) is 11.3 Å². The van der Waals surface area contributed by atoms with E-state index in [1.807, 2.05) is 13.8 Å². The summed E-state index contributed by atoms with van der Waals surface area (Å²) in [6.07, 6.45) is 0.772. The van der Waals surface area contributed by atoms with Crippen LogP contribution in [0.2, 0.25) is 0 Å². The molecule has 0 fully saturated rings. The van der Waals surface area contributed by atoms with E-state index in [4.69, 9.17) is 5.11 Å². The third kappa shape index (κ3) is 5.55. The van der Waals surface area contributed by atoms with Crippen LogP contribution in [0, 0.1) is 0 Å². The molecule has 1 atom stereocenters.